The van der Waals surface area contributed by atoms with E-state index < -0.39 is 0 Å². The maximum atomic E-state index is 12.4. The second-order valence-corrected chi connectivity index (χ2v) is 5.33. The zero-order chi connectivity index (χ0) is 15.4. The van der Waals surface area contributed by atoms with E-state index in [1.165, 1.54) is 0 Å². The van der Waals surface area contributed by atoms with E-state index in [4.69, 9.17) is 0 Å². The molecule has 0 atom stereocenters. The van der Waals surface area contributed by atoms with E-state index in [1.807, 2.05) is 0 Å². The van der Waals surface area contributed by atoms with Crippen LogP contribution in [0.25, 0.3) is 0 Å². The van der Waals surface area contributed by atoms with Crippen molar-refractivity contribution in [2.24, 2.45) is 0 Å². The van der Waals surface area contributed by atoms with Crippen LogP contribution in [0.1, 0.15) is 40.5 Å². The van der Waals surface area contributed by atoms with Crippen molar-refractivity contribution < 1.29 is 14.4 Å². The van der Waals surface area contributed by atoms with Gasteiger partial charge in [-0.15, -0.1) is 0 Å². The van der Waals surface area contributed by atoms with Crippen molar-refractivity contribution in [3.8, 4) is 0 Å². The van der Waals surface area contributed by atoms with Crippen LogP contribution in [-0.2, 0) is 4.79 Å². The molecule has 1 aliphatic rings. The summed E-state index contributed by atoms with van der Waals surface area (Å²) in [5.41, 5.74) is 1.77. The van der Waals surface area contributed by atoms with Crippen LogP contribution in [0.2, 0.25) is 0 Å². The van der Waals surface area contributed by atoms with Crippen LogP contribution in [-0.4, -0.2) is 29.8 Å². The molecule has 0 heterocycles. The molecule has 0 radical (unpaired) electrons. The van der Waals surface area contributed by atoms with Crippen molar-refractivity contribution in [3.63, 3.8) is 0 Å². The fourth-order valence-electron chi connectivity index (χ4n) is 2.37. The lowest BCUT2D eigenvalue weighted by molar-refractivity contribution is -0.120. The van der Waals surface area contributed by atoms with Crippen molar-refractivity contribution in [2.45, 2.75) is 19.8 Å². The highest BCUT2D eigenvalue weighted by atomic mass is 32.1. The molecule has 1 aromatic carbocycles. The summed E-state index contributed by atoms with van der Waals surface area (Å²) < 4.78 is 0. The lowest BCUT2D eigenvalue weighted by Gasteiger charge is -2.18. The van der Waals surface area contributed by atoms with Gasteiger partial charge in [-0.05, 0) is 13.3 Å². The SMILES string of the molecule is CC1=C(CCC(=O)NCCS)C(=O)c2ccccc2C1=O. The quantitative estimate of drug-likeness (QED) is 0.820. The number of thiol groups is 1. The number of fused-ring (bicyclic) bond motifs is 1. The molecule has 0 saturated heterocycles. The third kappa shape index (κ3) is 3.24. The largest absolute Gasteiger partial charge is 0.355 e. The van der Waals surface area contributed by atoms with Crippen molar-refractivity contribution in [2.75, 3.05) is 12.3 Å². The third-order valence-corrected chi connectivity index (χ3v) is 3.74. The van der Waals surface area contributed by atoms with Gasteiger partial charge >= 0.3 is 0 Å². The van der Waals surface area contributed by atoms with Gasteiger partial charge in [0.2, 0.25) is 5.91 Å². The van der Waals surface area contributed by atoms with Crippen molar-refractivity contribution in [1.29, 1.82) is 0 Å². The monoisotopic (exact) mass is 303 g/mol. The van der Waals surface area contributed by atoms with E-state index in [1.54, 1.807) is 31.2 Å². The Labute approximate surface area is 129 Å². The van der Waals surface area contributed by atoms with Gasteiger partial charge in [-0.1, -0.05) is 24.3 Å². The molecule has 0 fully saturated rings. The molecule has 1 aromatic rings. The molecule has 2 rings (SSSR count). The molecule has 1 aliphatic carbocycles. The van der Waals surface area contributed by atoms with Crippen molar-refractivity contribution in [3.05, 3.63) is 46.5 Å². The first-order valence-electron chi connectivity index (χ1n) is 6.82. The van der Waals surface area contributed by atoms with E-state index in [0.717, 1.165) is 0 Å². The highest BCUT2D eigenvalue weighted by Gasteiger charge is 2.29. The Morgan fingerprint density at radius 2 is 1.76 bits per heavy atom. The van der Waals surface area contributed by atoms with Gasteiger partial charge in [0, 0.05) is 41.0 Å². The molecule has 1 N–H and O–H groups in total. The van der Waals surface area contributed by atoms with Crippen LogP contribution in [0.4, 0.5) is 0 Å². The minimum absolute atomic E-state index is 0.129. The summed E-state index contributed by atoms with van der Waals surface area (Å²) in [4.78, 5) is 36.3. The minimum atomic E-state index is -0.148. The molecular formula is C16H17NO3S. The molecule has 0 unspecified atom stereocenters. The normalized spacial score (nSPS) is 14.2. The second kappa shape index (κ2) is 6.72. The van der Waals surface area contributed by atoms with Crippen LogP contribution in [0, 0.1) is 0 Å². The number of carbonyl (C=O) groups excluding carboxylic acids is 3. The van der Waals surface area contributed by atoms with Gasteiger partial charge in [0.05, 0.1) is 0 Å². The second-order valence-electron chi connectivity index (χ2n) is 4.88. The fraction of sp³-hybridized carbons (Fsp3) is 0.312. The summed E-state index contributed by atoms with van der Waals surface area (Å²) in [6.45, 7) is 2.15. The summed E-state index contributed by atoms with van der Waals surface area (Å²) in [7, 11) is 0. The molecule has 0 bridgehead atoms. The van der Waals surface area contributed by atoms with Gasteiger partial charge in [-0.3, -0.25) is 14.4 Å². The first kappa shape index (κ1) is 15.5. The van der Waals surface area contributed by atoms with Crippen LogP contribution >= 0.6 is 12.6 Å². The van der Waals surface area contributed by atoms with Gasteiger partial charge in [0.25, 0.3) is 0 Å². The van der Waals surface area contributed by atoms with Crippen LogP contribution in [0.15, 0.2) is 35.4 Å². The molecule has 5 heteroatoms. The first-order chi connectivity index (χ1) is 10.1. The molecule has 1 amide bonds. The lowest BCUT2D eigenvalue weighted by Crippen LogP contribution is -2.26. The molecule has 4 nitrogen and oxygen atoms in total. The zero-order valence-electron chi connectivity index (χ0n) is 11.8. The number of amides is 1. The Morgan fingerprint density at radius 3 is 2.38 bits per heavy atom. The van der Waals surface area contributed by atoms with Crippen LogP contribution < -0.4 is 5.32 Å². The maximum Gasteiger partial charge on any atom is 0.220 e. The number of ketones is 2. The topological polar surface area (TPSA) is 63.2 Å². The Morgan fingerprint density at radius 1 is 1.14 bits per heavy atom. The number of carbonyl (C=O) groups is 3. The average molecular weight is 303 g/mol. The summed E-state index contributed by atoms with van der Waals surface area (Å²) in [5.74, 6) is 0.155. The summed E-state index contributed by atoms with van der Waals surface area (Å²) in [5, 5.41) is 2.70. The highest BCUT2D eigenvalue weighted by Crippen LogP contribution is 2.28. The fourth-order valence-corrected chi connectivity index (χ4v) is 2.49. The van der Waals surface area contributed by atoms with E-state index >= 15 is 0 Å². The average Bonchev–Trinajstić information content (AvgIpc) is 2.50. The number of hydrogen-bond acceptors (Lipinski definition) is 4. The maximum absolute atomic E-state index is 12.4. The predicted octanol–water partition coefficient (Wildman–Crippen LogP) is 2.21. The van der Waals surface area contributed by atoms with E-state index in [-0.39, 0.29) is 30.3 Å². The minimum Gasteiger partial charge on any atom is -0.355 e. The van der Waals surface area contributed by atoms with Crippen LogP contribution in [0.3, 0.4) is 0 Å². The number of benzene rings is 1. The standard InChI is InChI=1S/C16H17NO3S/c1-10-11(6-7-14(18)17-8-9-21)16(20)13-5-3-2-4-12(13)15(10)19/h2-5,21H,6-9H2,1H3,(H,17,18). The number of rotatable bonds is 5. The lowest BCUT2D eigenvalue weighted by atomic mass is 9.83. The van der Waals surface area contributed by atoms with Crippen LogP contribution in [0.5, 0.6) is 0 Å². The third-order valence-electron chi connectivity index (χ3n) is 3.52. The summed E-state index contributed by atoms with van der Waals surface area (Å²) >= 11 is 4.01. The van der Waals surface area contributed by atoms with E-state index in [9.17, 15) is 14.4 Å². The van der Waals surface area contributed by atoms with Crippen molar-refractivity contribution in [1.82, 2.24) is 5.32 Å². The summed E-state index contributed by atoms with van der Waals surface area (Å²) in [6.07, 6.45) is 0.477. The molecule has 0 saturated carbocycles. The number of nitrogens with one attached hydrogen (secondary N) is 1. The van der Waals surface area contributed by atoms with Crippen molar-refractivity contribution >= 4 is 30.1 Å². The Bertz CT molecular complexity index is 634. The molecule has 110 valence electrons. The first-order valence-corrected chi connectivity index (χ1v) is 7.45. The molecule has 0 aliphatic heterocycles. The molecular weight excluding hydrogens is 286 g/mol. The Balaban J connectivity index is 2.17. The highest BCUT2D eigenvalue weighted by molar-refractivity contribution is 7.80. The van der Waals surface area contributed by atoms with Gasteiger partial charge in [-0.25, -0.2) is 0 Å². The zero-order valence-corrected chi connectivity index (χ0v) is 12.7. The van der Waals surface area contributed by atoms with Gasteiger partial charge in [0.15, 0.2) is 11.6 Å². The van der Waals surface area contributed by atoms with E-state index in [0.29, 0.717) is 34.6 Å². The predicted molar refractivity (Wildman–Crippen MR) is 83.9 cm³/mol. The number of Topliss-reactive ketones (excluding diaryl/α,β-unsaturated/α-hetero) is 2. The smallest absolute Gasteiger partial charge is 0.220 e. The van der Waals surface area contributed by atoms with E-state index in [2.05, 4.69) is 17.9 Å². The summed E-state index contributed by atoms with van der Waals surface area (Å²) in [6, 6.07) is 6.80. The Hall–Kier alpha value is -1.88. The van der Waals surface area contributed by atoms with Gasteiger partial charge in [0.1, 0.15) is 0 Å². The molecule has 0 aromatic heterocycles. The molecule has 0 spiro atoms. The number of allylic oxidation sites excluding steroid dienone is 2. The number of hydrogen-bond donors (Lipinski definition) is 2. The molecule has 21 heavy (non-hydrogen) atoms. The van der Waals surface area contributed by atoms with Gasteiger partial charge < -0.3 is 5.32 Å². The van der Waals surface area contributed by atoms with Gasteiger partial charge in [-0.2, -0.15) is 12.6 Å². The Kier molecular flexibility index (Phi) is 4.96.